The van der Waals surface area contributed by atoms with Crippen LogP contribution in [0.25, 0.3) is 0 Å². The number of ether oxygens (including phenoxy) is 1. The maximum absolute atomic E-state index is 12.3. The van der Waals surface area contributed by atoms with Crippen LogP contribution in [-0.4, -0.2) is 29.8 Å². The molecule has 1 aromatic heterocycles. The molecular formula is C21H25NO5S2. The molecule has 29 heavy (non-hydrogen) atoms. The first-order chi connectivity index (χ1) is 13.7. The predicted octanol–water partition coefficient (Wildman–Crippen LogP) is 4.92. The number of allylic oxidation sites excluding steroid dienone is 3. The fourth-order valence-corrected chi connectivity index (χ4v) is 5.39. The van der Waals surface area contributed by atoms with Crippen LogP contribution in [0.3, 0.4) is 0 Å². The van der Waals surface area contributed by atoms with Crippen LogP contribution >= 0.6 is 11.8 Å². The second-order valence-corrected chi connectivity index (χ2v) is 9.78. The molecule has 156 valence electrons. The number of hydrogen-bond acceptors (Lipinski definition) is 6. The van der Waals surface area contributed by atoms with E-state index in [1.54, 1.807) is 44.9 Å². The number of thioether (sulfide) groups is 1. The first-order valence-electron chi connectivity index (χ1n) is 9.28. The quantitative estimate of drug-likeness (QED) is 0.488. The minimum Gasteiger partial charge on any atom is -0.497 e. The van der Waals surface area contributed by atoms with Crippen LogP contribution in [-0.2, 0) is 15.9 Å². The van der Waals surface area contributed by atoms with Crippen molar-refractivity contribution < 1.29 is 22.1 Å². The molecule has 3 rings (SSSR count). The summed E-state index contributed by atoms with van der Waals surface area (Å²) in [5.74, 6) is 1.75. The molecule has 0 saturated heterocycles. The molecule has 1 aliphatic carbocycles. The lowest BCUT2D eigenvalue weighted by atomic mass is 9.81. The van der Waals surface area contributed by atoms with Gasteiger partial charge in [-0.2, -0.15) is 8.42 Å². The maximum atomic E-state index is 12.3. The number of oxazole rings is 1. The second kappa shape index (κ2) is 8.38. The number of rotatable bonds is 7. The van der Waals surface area contributed by atoms with Crippen molar-refractivity contribution in [1.29, 1.82) is 0 Å². The van der Waals surface area contributed by atoms with Gasteiger partial charge in [-0.05, 0) is 44.5 Å². The van der Waals surface area contributed by atoms with E-state index in [-0.39, 0.29) is 6.42 Å². The van der Waals surface area contributed by atoms with E-state index in [2.05, 4.69) is 4.98 Å². The highest BCUT2D eigenvalue weighted by atomic mass is 32.2. The van der Waals surface area contributed by atoms with Crippen molar-refractivity contribution in [2.75, 3.05) is 7.11 Å². The molecule has 1 heterocycles. The van der Waals surface area contributed by atoms with E-state index < -0.39 is 20.8 Å². The van der Waals surface area contributed by atoms with Crippen LogP contribution in [0.2, 0.25) is 0 Å². The predicted molar refractivity (Wildman–Crippen MR) is 114 cm³/mol. The van der Waals surface area contributed by atoms with Crippen LogP contribution in [0.5, 0.6) is 5.75 Å². The maximum Gasteiger partial charge on any atom is 0.275 e. The highest BCUT2D eigenvalue weighted by molar-refractivity contribution is 7.98. The van der Waals surface area contributed by atoms with Crippen molar-refractivity contribution in [1.82, 2.24) is 4.98 Å². The van der Waals surface area contributed by atoms with Gasteiger partial charge in [0.2, 0.25) is 5.89 Å². The lowest BCUT2D eigenvalue weighted by Gasteiger charge is -2.34. The van der Waals surface area contributed by atoms with Gasteiger partial charge in [0.25, 0.3) is 10.1 Å². The van der Waals surface area contributed by atoms with Crippen LogP contribution < -0.4 is 4.74 Å². The highest BCUT2D eigenvalue weighted by Crippen LogP contribution is 2.44. The molecule has 0 spiro atoms. The van der Waals surface area contributed by atoms with Gasteiger partial charge in [0.05, 0.1) is 18.6 Å². The SMILES string of the molecule is CCC1(S(=O)(=O)O)C=CC(C)=CC1c1nc(CSc2ccc(OC)cc2)oc1C. The van der Waals surface area contributed by atoms with Gasteiger partial charge in [-0.25, -0.2) is 4.98 Å². The van der Waals surface area contributed by atoms with E-state index in [0.29, 0.717) is 23.1 Å². The molecule has 0 bridgehead atoms. The van der Waals surface area contributed by atoms with E-state index in [1.807, 2.05) is 37.3 Å². The van der Waals surface area contributed by atoms with E-state index in [4.69, 9.17) is 9.15 Å². The lowest BCUT2D eigenvalue weighted by molar-refractivity contribution is 0.414. The smallest absolute Gasteiger partial charge is 0.275 e. The zero-order valence-electron chi connectivity index (χ0n) is 16.9. The van der Waals surface area contributed by atoms with E-state index in [1.165, 1.54) is 0 Å². The molecule has 2 atom stereocenters. The van der Waals surface area contributed by atoms with Crippen molar-refractivity contribution in [3.8, 4) is 5.75 Å². The molecule has 0 amide bonds. The molecule has 2 aromatic rings. The Morgan fingerprint density at radius 3 is 2.55 bits per heavy atom. The van der Waals surface area contributed by atoms with Crippen LogP contribution in [0.4, 0.5) is 0 Å². The zero-order chi connectivity index (χ0) is 21.2. The Morgan fingerprint density at radius 1 is 1.28 bits per heavy atom. The molecule has 1 N–H and O–H groups in total. The van der Waals surface area contributed by atoms with Crippen molar-refractivity contribution in [2.24, 2.45) is 0 Å². The number of aryl methyl sites for hydroxylation is 1. The molecule has 0 fully saturated rings. The molecule has 0 aliphatic heterocycles. The van der Waals surface area contributed by atoms with Gasteiger partial charge in [-0.3, -0.25) is 4.55 Å². The van der Waals surface area contributed by atoms with Gasteiger partial charge < -0.3 is 9.15 Å². The summed E-state index contributed by atoms with van der Waals surface area (Å²) in [5.41, 5.74) is 1.46. The topological polar surface area (TPSA) is 89.6 Å². The zero-order valence-corrected chi connectivity index (χ0v) is 18.5. The van der Waals surface area contributed by atoms with Gasteiger partial charge in [-0.15, -0.1) is 11.8 Å². The molecule has 1 aliphatic rings. The Hall–Kier alpha value is -2.03. The molecule has 0 radical (unpaired) electrons. The Kier molecular flexibility index (Phi) is 6.26. The third kappa shape index (κ3) is 4.29. The monoisotopic (exact) mass is 435 g/mol. The summed E-state index contributed by atoms with van der Waals surface area (Å²) in [5, 5.41) is 0. The van der Waals surface area contributed by atoms with Gasteiger partial charge in [0, 0.05) is 10.8 Å². The Bertz CT molecular complexity index is 1040. The highest BCUT2D eigenvalue weighted by Gasteiger charge is 2.49. The Balaban J connectivity index is 1.88. The third-order valence-corrected chi connectivity index (χ3v) is 7.85. The van der Waals surface area contributed by atoms with Gasteiger partial charge in [-0.1, -0.05) is 30.7 Å². The van der Waals surface area contributed by atoms with Gasteiger partial charge in [0.15, 0.2) is 0 Å². The first kappa shape index (κ1) is 21.7. The second-order valence-electron chi connectivity index (χ2n) is 7.02. The molecule has 1 aromatic carbocycles. The molecule has 6 nitrogen and oxygen atoms in total. The summed E-state index contributed by atoms with van der Waals surface area (Å²) in [4.78, 5) is 5.65. The Morgan fingerprint density at radius 2 is 1.97 bits per heavy atom. The minimum atomic E-state index is -4.36. The number of hydrogen-bond donors (Lipinski definition) is 1. The molecule has 8 heteroatoms. The summed E-state index contributed by atoms with van der Waals surface area (Å²) in [7, 11) is -2.73. The largest absolute Gasteiger partial charge is 0.497 e. The first-order valence-corrected chi connectivity index (χ1v) is 11.7. The standard InChI is InChI=1S/C21H25NO5S2/c1-5-21(29(23,24)25)11-10-14(2)12-18(21)20-15(3)27-19(22-20)13-28-17-8-6-16(26-4)7-9-17/h6-12,18H,5,13H2,1-4H3,(H,23,24,25). The van der Waals surface area contributed by atoms with Gasteiger partial charge >= 0.3 is 0 Å². The molecule has 0 saturated carbocycles. The number of benzene rings is 1. The average Bonchev–Trinajstić information content (AvgIpc) is 3.06. The van der Waals surface area contributed by atoms with E-state index in [0.717, 1.165) is 16.2 Å². The van der Waals surface area contributed by atoms with Crippen molar-refractivity contribution in [3.05, 3.63) is 65.4 Å². The van der Waals surface area contributed by atoms with Crippen LogP contribution in [0.1, 0.15) is 43.5 Å². The average molecular weight is 436 g/mol. The van der Waals surface area contributed by atoms with Crippen molar-refractivity contribution >= 4 is 21.9 Å². The van der Waals surface area contributed by atoms with Crippen LogP contribution in [0, 0.1) is 6.92 Å². The van der Waals surface area contributed by atoms with Crippen molar-refractivity contribution in [3.63, 3.8) is 0 Å². The molecular weight excluding hydrogens is 410 g/mol. The molecule has 2 unspecified atom stereocenters. The van der Waals surface area contributed by atoms with Crippen LogP contribution in [0.15, 0.2) is 57.4 Å². The van der Waals surface area contributed by atoms with E-state index >= 15 is 0 Å². The van der Waals surface area contributed by atoms with Gasteiger partial charge in [0.1, 0.15) is 16.3 Å². The summed E-state index contributed by atoms with van der Waals surface area (Å²) >= 11 is 1.56. The fraction of sp³-hybridized carbons (Fsp3) is 0.381. The number of nitrogens with zero attached hydrogens (tertiary/aromatic N) is 1. The number of aromatic nitrogens is 1. The fourth-order valence-electron chi connectivity index (χ4n) is 3.54. The Labute approximate surface area is 175 Å². The summed E-state index contributed by atoms with van der Waals surface area (Å²) in [6, 6.07) is 7.69. The summed E-state index contributed by atoms with van der Waals surface area (Å²) < 4.78 is 44.2. The third-order valence-electron chi connectivity index (χ3n) is 5.21. The van der Waals surface area contributed by atoms with E-state index in [9.17, 15) is 13.0 Å². The minimum absolute atomic E-state index is 0.221. The number of methoxy groups -OCH3 is 1. The summed E-state index contributed by atoms with van der Waals surface area (Å²) in [6.45, 7) is 5.41. The normalized spacial score (nSPS) is 21.8. The lowest BCUT2D eigenvalue weighted by Crippen LogP contribution is -2.43. The van der Waals surface area contributed by atoms with Crippen molar-refractivity contribution in [2.45, 2.75) is 48.5 Å². The summed E-state index contributed by atoms with van der Waals surface area (Å²) in [6.07, 6.45) is 5.35.